The molecule has 3 aromatic rings. The van der Waals surface area contributed by atoms with Crippen molar-refractivity contribution in [1.29, 1.82) is 0 Å². The van der Waals surface area contributed by atoms with Gasteiger partial charge in [0.25, 0.3) is 5.91 Å². The van der Waals surface area contributed by atoms with E-state index < -0.39 is 14.2 Å². The number of aromatic nitrogens is 3. The Morgan fingerprint density at radius 1 is 1.19 bits per heavy atom. The highest BCUT2D eigenvalue weighted by atomic mass is 28.4. The average molecular weight is 510 g/mol. The van der Waals surface area contributed by atoms with E-state index in [1.165, 1.54) is 16.7 Å². The zero-order valence-electron chi connectivity index (χ0n) is 22.6. The molecule has 1 aliphatic heterocycles. The van der Waals surface area contributed by atoms with E-state index in [2.05, 4.69) is 70.8 Å². The first-order chi connectivity index (χ1) is 16.9. The summed E-state index contributed by atoms with van der Waals surface area (Å²) < 4.78 is 13.9. The normalized spacial score (nSPS) is 15.0. The molecule has 8 nitrogen and oxygen atoms in total. The Kier molecular flexibility index (Phi) is 7.27. The summed E-state index contributed by atoms with van der Waals surface area (Å²) in [5.41, 5.74) is 12.1. The SMILES string of the molecule is Cc1cccc(Cc2c(CO[Si](C)(C)C(C)(C)C)nc3c(C(N)=O)cc(N4CCOCC4)nn23)c1C. The van der Waals surface area contributed by atoms with Gasteiger partial charge in [-0.15, -0.1) is 5.10 Å². The van der Waals surface area contributed by atoms with E-state index in [1.54, 1.807) is 6.07 Å². The van der Waals surface area contributed by atoms with Crippen molar-refractivity contribution in [3.8, 4) is 0 Å². The van der Waals surface area contributed by atoms with Crippen molar-refractivity contribution < 1.29 is 14.0 Å². The predicted molar refractivity (Wildman–Crippen MR) is 145 cm³/mol. The second-order valence-electron chi connectivity index (χ2n) is 11.2. The van der Waals surface area contributed by atoms with Gasteiger partial charge >= 0.3 is 0 Å². The molecule has 0 aliphatic carbocycles. The Morgan fingerprint density at radius 3 is 2.53 bits per heavy atom. The van der Waals surface area contributed by atoms with E-state index in [0.717, 1.165) is 11.4 Å². The quantitative estimate of drug-likeness (QED) is 0.475. The summed E-state index contributed by atoms with van der Waals surface area (Å²) in [6.45, 7) is 18.4. The first-order valence-corrected chi connectivity index (χ1v) is 15.5. The minimum atomic E-state index is -2.03. The molecular formula is C27H39N5O3Si. The van der Waals surface area contributed by atoms with Crippen molar-refractivity contribution in [2.75, 3.05) is 31.2 Å². The van der Waals surface area contributed by atoms with Gasteiger partial charge in [0.05, 0.1) is 36.8 Å². The summed E-state index contributed by atoms with van der Waals surface area (Å²) in [4.78, 5) is 19.6. The predicted octanol–water partition coefficient (Wildman–Crippen LogP) is 4.39. The molecule has 9 heteroatoms. The lowest BCUT2D eigenvalue weighted by Crippen LogP contribution is -2.40. The van der Waals surface area contributed by atoms with Crippen LogP contribution in [0.25, 0.3) is 5.65 Å². The van der Waals surface area contributed by atoms with Gasteiger partial charge in [-0.25, -0.2) is 9.50 Å². The van der Waals surface area contributed by atoms with E-state index in [0.29, 0.717) is 56.4 Å². The summed E-state index contributed by atoms with van der Waals surface area (Å²) in [5.74, 6) is 0.188. The minimum Gasteiger partial charge on any atom is -0.411 e. The second-order valence-corrected chi connectivity index (χ2v) is 16.0. The highest BCUT2D eigenvalue weighted by Crippen LogP contribution is 2.37. The lowest BCUT2D eigenvalue weighted by atomic mass is 9.99. The molecule has 0 saturated carbocycles. The van der Waals surface area contributed by atoms with Crippen LogP contribution in [0.3, 0.4) is 0 Å². The van der Waals surface area contributed by atoms with Crippen molar-refractivity contribution in [1.82, 2.24) is 14.6 Å². The van der Waals surface area contributed by atoms with Gasteiger partial charge in [0.2, 0.25) is 0 Å². The lowest BCUT2D eigenvalue weighted by molar-refractivity contribution is 0.100. The highest BCUT2D eigenvalue weighted by Gasteiger charge is 2.37. The van der Waals surface area contributed by atoms with Gasteiger partial charge in [0, 0.05) is 19.5 Å². The zero-order valence-corrected chi connectivity index (χ0v) is 23.6. The number of benzene rings is 1. The van der Waals surface area contributed by atoms with Crippen LogP contribution in [0.5, 0.6) is 0 Å². The van der Waals surface area contributed by atoms with Crippen molar-refractivity contribution in [3.05, 3.63) is 57.9 Å². The maximum atomic E-state index is 12.5. The minimum absolute atomic E-state index is 0.0690. The number of carbonyl (C=O) groups excluding carboxylic acids is 1. The number of nitrogens with zero attached hydrogens (tertiary/aromatic N) is 4. The average Bonchev–Trinajstić information content (AvgIpc) is 3.17. The number of anilines is 1. The van der Waals surface area contributed by atoms with Crippen molar-refractivity contribution in [2.45, 2.75) is 65.8 Å². The molecule has 0 radical (unpaired) electrons. The first-order valence-electron chi connectivity index (χ1n) is 12.6. The van der Waals surface area contributed by atoms with Gasteiger partial charge < -0.3 is 19.8 Å². The van der Waals surface area contributed by atoms with E-state index in [-0.39, 0.29) is 5.04 Å². The third kappa shape index (κ3) is 5.19. The topological polar surface area (TPSA) is 95.0 Å². The van der Waals surface area contributed by atoms with Gasteiger partial charge in [-0.2, -0.15) is 0 Å². The van der Waals surface area contributed by atoms with Crippen molar-refractivity contribution in [3.63, 3.8) is 0 Å². The number of hydrogen-bond donors (Lipinski definition) is 1. The molecule has 0 unspecified atom stereocenters. The smallest absolute Gasteiger partial charge is 0.252 e. The van der Waals surface area contributed by atoms with Gasteiger partial charge in [0.1, 0.15) is 0 Å². The fourth-order valence-electron chi connectivity index (χ4n) is 4.17. The van der Waals surface area contributed by atoms with E-state index in [9.17, 15) is 4.79 Å². The number of nitrogens with two attached hydrogens (primary N) is 1. The third-order valence-corrected chi connectivity index (χ3v) is 12.3. The number of fused-ring (bicyclic) bond motifs is 1. The van der Waals surface area contributed by atoms with Crippen LogP contribution in [0.1, 0.15) is 59.2 Å². The maximum absolute atomic E-state index is 12.5. The maximum Gasteiger partial charge on any atom is 0.252 e. The van der Waals surface area contributed by atoms with Crippen LogP contribution in [-0.2, 0) is 22.2 Å². The van der Waals surface area contributed by atoms with Crippen LogP contribution >= 0.6 is 0 Å². The fourth-order valence-corrected chi connectivity index (χ4v) is 5.10. The molecule has 1 aliphatic rings. The number of aryl methyl sites for hydroxylation is 1. The monoisotopic (exact) mass is 509 g/mol. The Bertz CT molecular complexity index is 1270. The molecule has 3 heterocycles. The van der Waals surface area contributed by atoms with Gasteiger partial charge in [-0.3, -0.25) is 4.79 Å². The number of ether oxygens (including phenoxy) is 1. The van der Waals surface area contributed by atoms with Crippen LogP contribution in [0, 0.1) is 13.8 Å². The number of hydrogen-bond acceptors (Lipinski definition) is 6. The molecule has 1 saturated heterocycles. The second kappa shape index (κ2) is 9.95. The zero-order chi connectivity index (χ0) is 26.3. The molecule has 36 heavy (non-hydrogen) atoms. The van der Waals surface area contributed by atoms with Crippen LogP contribution in [0.15, 0.2) is 24.3 Å². The molecule has 194 valence electrons. The third-order valence-electron chi connectivity index (χ3n) is 7.80. The van der Waals surface area contributed by atoms with Gasteiger partial charge in [-0.1, -0.05) is 39.0 Å². The highest BCUT2D eigenvalue weighted by molar-refractivity contribution is 6.74. The van der Waals surface area contributed by atoms with Crippen molar-refractivity contribution >= 4 is 25.7 Å². The summed E-state index contributed by atoms with van der Waals surface area (Å²) in [6.07, 6.45) is 0.628. The molecule has 2 aromatic heterocycles. The van der Waals surface area contributed by atoms with Crippen LogP contribution < -0.4 is 10.6 Å². The number of amides is 1. The molecule has 1 fully saturated rings. The number of imidazole rings is 1. The Labute approximate surface area is 214 Å². The van der Waals surface area contributed by atoms with E-state index in [4.69, 9.17) is 25.0 Å². The van der Waals surface area contributed by atoms with Crippen molar-refractivity contribution in [2.24, 2.45) is 5.73 Å². The summed E-state index contributed by atoms with van der Waals surface area (Å²) in [7, 11) is -2.03. The summed E-state index contributed by atoms with van der Waals surface area (Å²) >= 11 is 0. The van der Waals surface area contributed by atoms with Crippen LogP contribution in [0.4, 0.5) is 5.82 Å². The molecule has 0 spiro atoms. The van der Waals surface area contributed by atoms with E-state index in [1.807, 2.05) is 4.52 Å². The number of rotatable bonds is 7. The molecule has 2 N–H and O–H groups in total. The summed E-state index contributed by atoms with van der Waals surface area (Å²) in [6, 6.07) is 8.10. The first kappa shape index (κ1) is 26.3. The Balaban J connectivity index is 1.87. The summed E-state index contributed by atoms with van der Waals surface area (Å²) in [5, 5.41) is 5.05. The molecule has 4 rings (SSSR count). The lowest BCUT2D eigenvalue weighted by Gasteiger charge is -2.36. The Hall–Kier alpha value is -2.75. The molecule has 1 aromatic carbocycles. The molecule has 1 amide bonds. The van der Waals surface area contributed by atoms with E-state index >= 15 is 0 Å². The van der Waals surface area contributed by atoms with Gasteiger partial charge in [0.15, 0.2) is 19.8 Å². The fraction of sp³-hybridized carbons (Fsp3) is 0.519. The van der Waals surface area contributed by atoms with Crippen LogP contribution in [-0.4, -0.2) is 55.1 Å². The van der Waals surface area contributed by atoms with Gasteiger partial charge in [-0.05, 0) is 54.7 Å². The Morgan fingerprint density at radius 2 is 1.89 bits per heavy atom. The standard InChI is InChI=1S/C27H39N5O3Si/c1-18-9-8-10-20(19(18)2)15-23-22(17-35-36(6,7)27(3,4)5)29-26-21(25(28)33)16-24(30-32(23)26)31-11-13-34-14-12-31/h8-10,16H,11-15,17H2,1-7H3,(H2,28,33). The molecular weight excluding hydrogens is 470 g/mol. The molecule has 0 atom stereocenters. The van der Waals surface area contributed by atoms with Crippen LogP contribution in [0.2, 0.25) is 18.1 Å². The number of morpholine rings is 1. The largest absolute Gasteiger partial charge is 0.411 e. The number of carbonyl (C=O) groups is 1. The number of primary amides is 1. The molecule has 0 bridgehead atoms.